The molecule has 4 rings (SSSR count). The Bertz CT molecular complexity index is 1190. The topological polar surface area (TPSA) is 73.4 Å². The van der Waals surface area contributed by atoms with Crippen LogP contribution in [0.5, 0.6) is 0 Å². The van der Waals surface area contributed by atoms with Gasteiger partial charge in [-0.25, -0.2) is 23.7 Å². The van der Waals surface area contributed by atoms with E-state index in [1.165, 1.54) is 31.3 Å². The number of benzene rings is 1. The van der Waals surface area contributed by atoms with E-state index in [1.54, 1.807) is 12.1 Å². The van der Waals surface area contributed by atoms with Gasteiger partial charge in [0.2, 0.25) is 11.9 Å². The van der Waals surface area contributed by atoms with Crippen molar-refractivity contribution in [1.82, 2.24) is 9.97 Å². The third-order valence-corrected chi connectivity index (χ3v) is 4.88. The smallest absolute Gasteiger partial charge is 0.425 e. The van der Waals surface area contributed by atoms with Gasteiger partial charge in [0.15, 0.2) is 6.10 Å². The average molecular weight is 486 g/mol. The van der Waals surface area contributed by atoms with E-state index < -0.39 is 53.8 Å². The lowest BCUT2D eigenvalue weighted by molar-refractivity contribution is -0.208. The zero-order valence-electron chi connectivity index (χ0n) is 17.5. The lowest BCUT2D eigenvalue weighted by Crippen LogP contribution is -2.46. The molecule has 1 aromatic carbocycles. The summed E-state index contributed by atoms with van der Waals surface area (Å²) in [6.07, 6.45) is -5.32. The van der Waals surface area contributed by atoms with E-state index in [0.29, 0.717) is 6.07 Å². The first-order valence-electron chi connectivity index (χ1n) is 9.66. The van der Waals surface area contributed by atoms with Crippen molar-refractivity contribution < 1.29 is 35.5 Å². The number of hydrogen-bond donors (Lipinski definition) is 1. The Morgan fingerprint density at radius 1 is 0.941 bits per heavy atom. The molecule has 0 aliphatic carbocycles. The number of rotatable bonds is 2. The van der Waals surface area contributed by atoms with Crippen molar-refractivity contribution in [2.75, 3.05) is 0 Å². The Morgan fingerprint density at radius 2 is 1.65 bits per heavy atom. The van der Waals surface area contributed by atoms with E-state index in [9.17, 15) is 30.7 Å². The first-order valence-corrected chi connectivity index (χ1v) is 9.66. The Hall–Kier alpha value is -3.70. The fraction of sp³-hybridized carbons (Fsp3) is 0.227. The molecule has 0 spiro atoms. The summed E-state index contributed by atoms with van der Waals surface area (Å²) in [5.41, 5.74) is 2.55. The molecule has 0 radical (unpaired) electrons. The number of nitrogens with two attached hydrogens (primary N) is 1. The summed E-state index contributed by atoms with van der Waals surface area (Å²) in [6, 6.07) is 7.74. The van der Waals surface area contributed by atoms with Crippen molar-refractivity contribution in [2.24, 2.45) is 10.7 Å². The van der Waals surface area contributed by atoms with E-state index in [0.717, 1.165) is 12.3 Å². The molecule has 12 heteroatoms. The van der Waals surface area contributed by atoms with Crippen LogP contribution >= 0.6 is 0 Å². The highest BCUT2D eigenvalue weighted by atomic mass is 19.4. The largest absolute Gasteiger partial charge is 0.452 e. The molecule has 3 aromatic rings. The minimum Gasteiger partial charge on any atom is -0.452 e. The predicted molar refractivity (Wildman–Crippen MR) is 108 cm³/mol. The van der Waals surface area contributed by atoms with E-state index in [2.05, 4.69) is 19.7 Å². The van der Waals surface area contributed by atoms with Crippen LogP contribution in [0.1, 0.15) is 18.9 Å². The number of amidine groups is 1. The summed E-state index contributed by atoms with van der Waals surface area (Å²) in [5.74, 6) is -3.67. The fourth-order valence-corrected chi connectivity index (χ4v) is 3.31. The van der Waals surface area contributed by atoms with E-state index in [1.807, 2.05) is 0 Å². The van der Waals surface area contributed by atoms with Gasteiger partial charge in [0, 0.05) is 41.6 Å². The number of ether oxygens (including phenoxy) is 1. The van der Waals surface area contributed by atoms with Crippen LogP contribution in [0.2, 0.25) is 0 Å². The summed E-state index contributed by atoms with van der Waals surface area (Å²) in [7, 11) is 0. The summed E-state index contributed by atoms with van der Waals surface area (Å²) < 4.78 is 98.2. The molecule has 2 N–H and O–H groups in total. The first-order chi connectivity index (χ1) is 15.9. The number of aromatic nitrogens is 2. The molecular formula is C22H17F7N4O. The molecule has 0 fully saturated rings. The molecule has 0 bridgehead atoms. The van der Waals surface area contributed by atoms with Crippen LogP contribution in [0.3, 0.4) is 0 Å². The van der Waals surface area contributed by atoms with Crippen LogP contribution in [-0.2, 0) is 10.3 Å². The molecule has 34 heavy (non-hydrogen) atoms. The molecule has 2 unspecified atom stereocenters. The van der Waals surface area contributed by atoms with Crippen LogP contribution in [0, 0.1) is 23.5 Å². The summed E-state index contributed by atoms with van der Waals surface area (Å²) >= 11 is 0. The maximum absolute atomic E-state index is 14.4. The Morgan fingerprint density at radius 3 is 2.21 bits per heavy atom. The second-order valence-corrected chi connectivity index (χ2v) is 7.38. The van der Waals surface area contributed by atoms with Gasteiger partial charge in [-0.15, -0.1) is 0 Å². The van der Waals surface area contributed by atoms with Gasteiger partial charge in [-0.2, -0.15) is 22.0 Å². The lowest BCUT2D eigenvalue weighted by Gasteiger charge is -2.36. The van der Waals surface area contributed by atoms with E-state index in [4.69, 9.17) is 5.73 Å². The molecule has 3 heterocycles. The fourth-order valence-electron chi connectivity index (χ4n) is 3.31. The number of alkyl halides is 3. The van der Waals surface area contributed by atoms with Crippen LogP contribution < -0.4 is 5.73 Å². The molecule has 1 aliphatic rings. The SMILES string of the molecule is CC1(c2cc(-c3cccnc3F)c(F)cc2F)CC(C(F)(F)F)OC(N)=N1.Fc1ccccn1. The standard InChI is InChI=1S/C17H13F6N3O.C5H4FN/c1-16(7-13(17(21,22)23)27-15(24)26-16)10-5-9(11(18)6-12(10)19)8-3-2-4-25-14(8)20;6-5-3-1-2-4-7-5/h2-6,13H,7H2,1H3,(H2,24,26);1-4H. The van der Waals surface area contributed by atoms with Gasteiger partial charge in [0.25, 0.3) is 6.02 Å². The highest BCUT2D eigenvalue weighted by Crippen LogP contribution is 2.42. The molecule has 2 aromatic heterocycles. The highest BCUT2D eigenvalue weighted by Gasteiger charge is 2.50. The number of halogens is 7. The Balaban J connectivity index is 0.000000396. The highest BCUT2D eigenvalue weighted by molar-refractivity contribution is 5.73. The van der Waals surface area contributed by atoms with Crippen molar-refractivity contribution in [2.45, 2.75) is 31.2 Å². The summed E-state index contributed by atoms with van der Waals surface area (Å²) in [6.45, 7) is 1.21. The van der Waals surface area contributed by atoms with Crippen molar-refractivity contribution in [3.05, 3.63) is 84.0 Å². The number of nitrogens with zero attached hydrogens (tertiary/aromatic N) is 3. The van der Waals surface area contributed by atoms with Gasteiger partial charge in [0.05, 0.1) is 5.54 Å². The summed E-state index contributed by atoms with van der Waals surface area (Å²) in [4.78, 5) is 10.5. The molecule has 0 saturated heterocycles. The Labute approximate surface area is 189 Å². The average Bonchev–Trinajstić information content (AvgIpc) is 2.74. The van der Waals surface area contributed by atoms with Crippen molar-refractivity contribution in [3.8, 4) is 11.1 Å². The maximum Gasteiger partial charge on any atom is 0.425 e. The van der Waals surface area contributed by atoms with Gasteiger partial charge < -0.3 is 10.5 Å². The predicted octanol–water partition coefficient (Wildman–Crippen LogP) is 5.27. The molecule has 0 amide bonds. The minimum absolute atomic E-state index is 0.267. The molecule has 180 valence electrons. The zero-order chi connectivity index (χ0) is 25.1. The molecular weight excluding hydrogens is 469 g/mol. The van der Waals surface area contributed by atoms with Gasteiger partial charge >= 0.3 is 6.18 Å². The second-order valence-electron chi connectivity index (χ2n) is 7.38. The molecule has 1 aliphatic heterocycles. The van der Waals surface area contributed by atoms with Crippen molar-refractivity contribution in [3.63, 3.8) is 0 Å². The normalized spacial score (nSPS) is 20.0. The third kappa shape index (κ3) is 5.61. The summed E-state index contributed by atoms with van der Waals surface area (Å²) in [5, 5.41) is 0. The van der Waals surface area contributed by atoms with E-state index in [-0.39, 0.29) is 16.7 Å². The quantitative estimate of drug-likeness (QED) is 0.396. The van der Waals surface area contributed by atoms with Crippen LogP contribution in [0.4, 0.5) is 30.7 Å². The molecule has 2 atom stereocenters. The van der Waals surface area contributed by atoms with Crippen molar-refractivity contribution >= 4 is 6.02 Å². The number of pyridine rings is 2. The van der Waals surface area contributed by atoms with E-state index >= 15 is 0 Å². The van der Waals surface area contributed by atoms with Gasteiger partial charge in [-0.3, -0.25) is 0 Å². The monoisotopic (exact) mass is 486 g/mol. The number of aliphatic imine (C=N–C) groups is 1. The molecule has 5 nitrogen and oxygen atoms in total. The van der Waals surface area contributed by atoms with Crippen LogP contribution in [0.15, 0.2) is 59.9 Å². The second kappa shape index (κ2) is 9.65. The van der Waals surface area contributed by atoms with Gasteiger partial charge in [-0.05, 0) is 37.3 Å². The Kier molecular flexibility index (Phi) is 7.08. The number of hydrogen-bond acceptors (Lipinski definition) is 5. The van der Waals surface area contributed by atoms with Gasteiger partial charge in [0.1, 0.15) is 11.6 Å². The lowest BCUT2D eigenvalue weighted by atomic mass is 9.84. The van der Waals surface area contributed by atoms with Crippen LogP contribution in [-0.4, -0.2) is 28.3 Å². The van der Waals surface area contributed by atoms with Gasteiger partial charge in [-0.1, -0.05) is 6.07 Å². The third-order valence-electron chi connectivity index (χ3n) is 4.88. The maximum atomic E-state index is 14.4. The van der Waals surface area contributed by atoms with Crippen LogP contribution in [0.25, 0.3) is 11.1 Å². The molecule has 0 saturated carbocycles. The van der Waals surface area contributed by atoms with Crippen molar-refractivity contribution in [1.29, 1.82) is 0 Å². The zero-order valence-corrected chi connectivity index (χ0v) is 17.5. The minimum atomic E-state index is -4.77. The first kappa shape index (κ1) is 24.9.